The van der Waals surface area contributed by atoms with Gasteiger partial charge in [0.15, 0.2) is 0 Å². The average molecular weight is 347 g/mol. The van der Waals surface area contributed by atoms with Crippen LogP contribution in [0.25, 0.3) is 0 Å². The van der Waals surface area contributed by atoms with E-state index in [1.807, 2.05) is 35.2 Å². The first kappa shape index (κ1) is 18.9. The van der Waals surface area contributed by atoms with Gasteiger partial charge in [0.1, 0.15) is 0 Å². The fourth-order valence-electron chi connectivity index (χ4n) is 2.80. The summed E-state index contributed by atoms with van der Waals surface area (Å²) in [5, 5.41) is 8.62. The van der Waals surface area contributed by atoms with Crippen molar-refractivity contribution in [3.05, 3.63) is 30.3 Å². The predicted molar refractivity (Wildman–Crippen MR) is 94.4 cm³/mol. The van der Waals surface area contributed by atoms with Gasteiger partial charge in [-0.2, -0.15) is 0 Å². The van der Waals surface area contributed by atoms with Crippen molar-refractivity contribution in [2.45, 2.75) is 19.3 Å². The zero-order chi connectivity index (χ0) is 18.2. The zero-order valence-electron chi connectivity index (χ0n) is 14.6. The Hall–Kier alpha value is -2.41. The summed E-state index contributed by atoms with van der Waals surface area (Å²) in [5.74, 6) is -0.861. The molecule has 0 saturated carbocycles. The van der Waals surface area contributed by atoms with Crippen LogP contribution < -0.4 is 4.90 Å². The van der Waals surface area contributed by atoms with Crippen molar-refractivity contribution < 1.29 is 19.5 Å². The van der Waals surface area contributed by atoms with Crippen LogP contribution in [-0.2, 0) is 14.4 Å². The van der Waals surface area contributed by atoms with E-state index in [0.29, 0.717) is 39.1 Å². The smallest absolute Gasteiger partial charge is 0.303 e. The van der Waals surface area contributed by atoms with Crippen LogP contribution in [0.3, 0.4) is 0 Å². The summed E-state index contributed by atoms with van der Waals surface area (Å²) in [4.78, 5) is 40.4. The molecular formula is C18H25N3O4. The Morgan fingerprint density at radius 3 is 2.28 bits per heavy atom. The van der Waals surface area contributed by atoms with Crippen LogP contribution >= 0.6 is 0 Å². The lowest BCUT2D eigenvalue weighted by molar-refractivity contribution is -0.137. The van der Waals surface area contributed by atoms with E-state index in [9.17, 15) is 14.4 Å². The number of hydrogen-bond acceptors (Lipinski definition) is 4. The van der Waals surface area contributed by atoms with Gasteiger partial charge in [0.2, 0.25) is 11.8 Å². The maximum absolute atomic E-state index is 12.4. The van der Waals surface area contributed by atoms with E-state index in [1.54, 1.807) is 16.8 Å². The van der Waals surface area contributed by atoms with Crippen molar-refractivity contribution in [2.24, 2.45) is 0 Å². The van der Waals surface area contributed by atoms with Gasteiger partial charge in [-0.1, -0.05) is 18.2 Å². The van der Waals surface area contributed by atoms with Crippen LogP contribution in [0.2, 0.25) is 0 Å². The fraction of sp³-hybridized carbons (Fsp3) is 0.500. The highest BCUT2D eigenvalue weighted by Crippen LogP contribution is 2.12. The summed E-state index contributed by atoms with van der Waals surface area (Å²) in [6.07, 6.45) is 0.655. The lowest BCUT2D eigenvalue weighted by atomic mass is 10.2. The second kappa shape index (κ2) is 9.17. The highest BCUT2D eigenvalue weighted by Gasteiger charge is 2.23. The molecule has 1 aliphatic heterocycles. The Labute approximate surface area is 147 Å². The topological polar surface area (TPSA) is 81.2 Å². The van der Waals surface area contributed by atoms with E-state index < -0.39 is 5.97 Å². The number of carbonyl (C=O) groups excluding carboxylic acids is 2. The Balaban J connectivity index is 1.73. The molecule has 25 heavy (non-hydrogen) atoms. The highest BCUT2D eigenvalue weighted by molar-refractivity contribution is 5.94. The van der Waals surface area contributed by atoms with Gasteiger partial charge in [0.25, 0.3) is 0 Å². The quantitative estimate of drug-likeness (QED) is 0.797. The standard InChI is InChI=1S/C18H25N3O4/c1-19(15-6-3-2-4-7-15)17(23)14-20-10-12-21(13-11-20)16(22)8-5-9-18(24)25/h2-4,6-7H,5,8-14H2,1H3,(H,24,25). The van der Waals surface area contributed by atoms with Crippen molar-refractivity contribution in [2.75, 3.05) is 44.7 Å². The molecule has 7 nitrogen and oxygen atoms in total. The number of carboxylic acid groups (broad SMARTS) is 1. The van der Waals surface area contributed by atoms with Crippen LogP contribution in [0.4, 0.5) is 5.69 Å². The SMILES string of the molecule is CN(C(=O)CN1CCN(C(=O)CCCC(=O)O)CC1)c1ccccc1. The van der Waals surface area contributed by atoms with Crippen LogP contribution in [0.5, 0.6) is 0 Å². The van der Waals surface area contributed by atoms with E-state index in [1.165, 1.54) is 0 Å². The number of aliphatic carboxylic acids is 1. The Bertz CT molecular complexity index is 598. The molecule has 0 aliphatic carbocycles. The molecule has 1 aromatic carbocycles. The average Bonchev–Trinajstić information content (AvgIpc) is 2.62. The molecule has 136 valence electrons. The van der Waals surface area contributed by atoms with E-state index in [-0.39, 0.29) is 24.7 Å². The van der Waals surface area contributed by atoms with Gasteiger partial charge < -0.3 is 14.9 Å². The number of nitrogens with zero attached hydrogens (tertiary/aromatic N) is 3. The van der Waals surface area contributed by atoms with Crippen molar-refractivity contribution >= 4 is 23.5 Å². The van der Waals surface area contributed by atoms with Gasteiger partial charge in [0, 0.05) is 51.8 Å². The summed E-state index contributed by atoms with van der Waals surface area (Å²) in [6, 6.07) is 9.49. The van der Waals surface area contributed by atoms with Crippen molar-refractivity contribution in [1.82, 2.24) is 9.80 Å². The molecule has 0 bridgehead atoms. The number of para-hydroxylation sites is 1. The Morgan fingerprint density at radius 2 is 1.68 bits per heavy atom. The molecule has 0 radical (unpaired) electrons. The van der Waals surface area contributed by atoms with Gasteiger partial charge in [-0.25, -0.2) is 0 Å². The molecule has 0 unspecified atom stereocenters. The second-order valence-electron chi connectivity index (χ2n) is 6.19. The minimum atomic E-state index is -0.876. The number of benzene rings is 1. The third-order valence-electron chi connectivity index (χ3n) is 4.38. The minimum absolute atomic E-state index is 0.00590. The number of piperazine rings is 1. The van der Waals surface area contributed by atoms with E-state index in [0.717, 1.165) is 5.69 Å². The third-order valence-corrected chi connectivity index (χ3v) is 4.38. The summed E-state index contributed by atoms with van der Waals surface area (Å²) < 4.78 is 0. The summed E-state index contributed by atoms with van der Waals surface area (Å²) in [6.45, 7) is 2.78. The molecule has 2 rings (SSSR count). The van der Waals surface area contributed by atoms with E-state index >= 15 is 0 Å². The molecule has 2 amide bonds. The Morgan fingerprint density at radius 1 is 1.04 bits per heavy atom. The van der Waals surface area contributed by atoms with Gasteiger partial charge in [0.05, 0.1) is 6.54 Å². The van der Waals surface area contributed by atoms with Gasteiger partial charge in [-0.05, 0) is 18.6 Å². The first-order chi connectivity index (χ1) is 12.0. The molecule has 1 aromatic rings. The number of anilines is 1. The van der Waals surface area contributed by atoms with Gasteiger partial charge in [-0.15, -0.1) is 0 Å². The highest BCUT2D eigenvalue weighted by atomic mass is 16.4. The van der Waals surface area contributed by atoms with Crippen LogP contribution in [0, 0.1) is 0 Å². The maximum Gasteiger partial charge on any atom is 0.303 e. The number of rotatable bonds is 7. The van der Waals surface area contributed by atoms with Crippen molar-refractivity contribution in [3.8, 4) is 0 Å². The molecular weight excluding hydrogens is 322 g/mol. The largest absolute Gasteiger partial charge is 0.481 e. The zero-order valence-corrected chi connectivity index (χ0v) is 14.6. The first-order valence-electron chi connectivity index (χ1n) is 8.51. The molecule has 7 heteroatoms. The molecule has 1 saturated heterocycles. The van der Waals surface area contributed by atoms with Gasteiger partial charge in [-0.3, -0.25) is 19.3 Å². The normalized spacial score (nSPS) is 15.0. The van der Waals surface area contributed by atoms with E-state index in [2.05, 4.69) is 0 Å². The molecule has 0 spiro atoms. The molecule has 1 heterocycles. The van der Waals surface area contributed by atoms with Crippen LogP contribution in [0.15, 0.2) is 30.3 Å². The number of carboxylic acids is 1. The summed E-state index contributed by atoms with van der Waals surface area (Å²) in [5.41, 5.74) is 0.861. The second-order valence-corrected chi connectivity index (χ2v) is 6.19. The number of carbonyl (C=O) groups is 3. The van der Waals surface area contributed by atoms with Crippen molar-refractivity contribution in [1.29, 1.82) is 0 Å². The molecule has 0 aromatic heterocycles. The molecule has 0 atom stereocenters. The predicted octanol–water partition coefficient (Wildman–Crippen LogP) is 1.05. The summed E-state index contributed by atoms with van der Waals surface area (Å²) >= 11 is 0. The minimum Gasteiger partial charge on any atom is -0.481 e. The lowest BCUT2D eigenvalue weighted by Crippen LogP contribution is -2.51. The number of likely N-dealkylation sites (N-methyl/N-ethyl adjacent to an activating group) is 1. The lowest BCUT2D eigenvalue weighted by Gasteiger charge is -2.35. The third kappa shape index (κ3) is 5.86. The number of hydrogen-bond donors (Lipinski definition) is 1. The number of amides is 2. The molecule has 1 aliphatic rings. The monoisotopic (exact) mass is 347 g/mol. The summed E-state index contributed by atoms with van der Waals surface area (Å²) in [7, 11) is 1.76. The fourth-order valence-corrected chi connectivity index (χ4v) is 2.80. The Kier molecular flexibility index (Phi) is 6.94. The van der Waals surface area contributed by atoms with Crippen molar-refractivity contribution in [3.63, 3.8) is 0 Å². The van der Waals surface area contributed by atoms with Crippen LogP contribution in [0.1, 0.15) is 19.3 Å². The van der Waals surface area contributed by atoms with Crippen LogP contribution in [-0.4, -0.2) is 72.5 Å². The van der Waals surface area contributed by atoms with E-state index in [4.69, 9.17) is 5.11 Å². The molecule has 1 N–H and O–H groups in total. The van der Waals surface area contributed by atoms with Gasteiger partial charge >= 0.3 is 5.97 Å². The molecule has 1 fully saturated rings. The first-order valence-corrected chi connectivity index (χ1v) is 8.51. The maximum atomic E-state index is 12.4.